The highest BCUT2D eigenvalue weighted by molar-refractivity contribution is 5.73. The molecule has 23 heavy (non-hydrogen) atoms. The minimum absolute atomic E-state index is 0.0878. The number of carbonyl (C=O) groups excluding carboxylic acids is 1. The maximum atomic E-state index is 11.8. The number of carbonyl (C=O) groups is 1. The molecule has 0 aliphatic heterocycles. The molecule has 0 bridgehead atoms. The van der Waals surface area contributed by atoms with Gasteiger partial charge in [0.1, 0.15) is 17.1 Å². The van der Waals surface area contributed by atoms with Crippen molar-refractivity contribution >= 4 is 6.03 Å². The Bertz CT molecular complexity index is 620. The Labute approximate surface area is 136 Å². The van der Waals surface area contributed by atoms with E-state index in [-0.39, 0.29) is 12.6 Å². The van der Waals surface area contributed by atoms with Gasteiger partial charge in [0.15, 0.2) is 0 Å². The number of furan rings is 1. The van der Waals surface area contributed by atoms with Gasteiger partial charge in [-0.25, -0.2) is 4.79 Å². The predicted molar refractivity (Wildman–Crippen MR) is 89.2 cm³/mol. The fourth-order valence-corrected chi connectivity index (χ4v) is 2.27. The molecular formula is C18H24N2O3. The van der Waals surface area contributed by atoms with Crippen molar-refractivity contribution in [1.82, 2.24) is 10.6 Å². The molecule has 1 heterocycles. The fourth-order valence-electron chi connectivity index (χ4n) is 2.27. The summed E-state index contributed by atoms with van der Waals surface area (Å²) in [7, 11) is 0. The van der Waals surface area contributed by atoms with Crippen LogP contribution in [0.5, 0.6) is 0 Å². The van der Waals surface area contributed by atoms with Crippen molar-refractivity contribution in [3.8, 4) is 0 Å². The summed E-state index contributed by atoms with van der Waals surface area (Å²) < 4.78 is 5.41. The maximum absolute atomic E-state index is 11.8. The Morgan fingerprint density at radius 2 is 1.91 bits per heavy atom. The fraction of sp³-hybridized carbons (Fsp3) is 0.389. The largest absolute Gasteiger partial charge is 0.463 e. The van der Waals surface area contributed by atoms with Gasteiger partial charge in [0.2, 0.25) is 0 Å². The number of amides is 2. The summed E-state index contributed by atoms with van der Waals surface area (Å²) in [6.45, 7) is 4.10. The lowest BCUT2D eigenvalue weighted by molar-refractivity contribution is 0.0360. The van der Waals surface area contributed by atoms with Gasteiger partial charge < -0.3 is 20.2 Å². The molecule has 2 aromatic rings. The SMILES string of the molecule is Cc1ccc(C(C)(O)CNC(=O)NCCCc2ccccc2)o1. The molecule has 1 aromatic carbocycles. The van der Waals surface area contributed by atoms with Crippen molar-refractivity contribution in [2.45, 2.75) is 32.3 Å². The van der Waals surface area contributed by atoms with Gasteiger partial charge in [-0.05, 0) is 44.4 Å². The van der Waals surface area contributed by atoms with Gasteiger partial charge in [-0.15, -0.1) is 0 Å². The van der Waals surface area contributed by atoms with Gasteiger partial charge >= 0.3 is 6.03 Å². The zero-order valence-corrected chi connectivity index (χ0v) is 13.6. The van der Waals surface area contributed by atoms with Gasteiger partial charge in [0.05, 0.1) is 6.54 Å². The Kier molecular flexibility index (Phi) is 5.82. The molecule has 0 aliphatic rings. The molecule has 0 fully saturated rings. The predicted octanol–water partition coefficient (Wildman–Crippen LogP) is 2.73. The van der Waals surface area contributed by atoms with Crippen LogP contribution in [0.1, 0.15) is 30.4 Å². The molecule has 0 radical (unpaired) electrons. The van der Waals surface area contributed by atoms with Crippen molar-refractivity contribution in [3.63, 3.8) is 0 Å². The smallest absolute Gasteiger partial charge is 0.314 e. The number of urea groups is 1. The second kappa shape index (κ2) is 7.83. The van der Waals surface area contributed by atoms with Gasteiger partial charge in [0.25, 0.3) is 0 Å². The number of nitrogens with one attached hydrogen (secondary N) is 2. The van der Waals surface area contributed by atoms with Crippen molar-refractivity contribution in [1.29, 1.82) is 0 Å². The Morgan fingerprint density at radius 1 is 1.17 bits per heavy atom. The highest BCUT2D eigenvalue weighted by Gasteiger charge is 2.27. The highest BCUT2D eigenvalue weighted by Crippen LogP contribution is 2.21. The number of aryl methyl sites for hydroxylation is 2. The van der Waals surface area contributed by atoms with E-state index in [2.05, 4.69) is 22.8 Å². The van der Waals surface area contributed by atoms with E-state index in [1.807, 2.05) is 25.1 Å². The number of hydrogen-bond acceptors (Lipinski definition) is 3. The third-order valence-corrected chi connectivity index (χ3v) is 3.63. The number of hydrogen-bond donors (Lipinski definition) is 3. The lowest BCUT2D eigenvalue weighted by Gasteiger charge is -2.21. The summed E-state index contributed by atoms with van der Waals surface area (Å²) >= 11 is 0. The third kappa shape index (κ3) is 5.45. The third-order valence-electron chi connectivity index (χ3n) is 3.63. The minimum Gasteiger partial charge on any atom is -0.463 e. The first-order valence-electron chi connectivity index (χ1n) is 7.82. The maximum Gasteiger partial charge on any atom is 0.314 e. The van der Waals surface area contributed by atoms with Gasteiger partial charge in [-0.3, -0.25) is 0 Å². The molecule has 0 spiro atoms. The van der Waals surface area contributed by atoms with Crippen LogP contribution in [0, 0.1) is 6.92 Å². The first kappa shape index (κ1) is 17.1. The first-order valence-corrected chi connectivity index (χ1v) is 7.82. The molecule has 5 nitrogen and oxygen atoms in total. The van der Waals surface area contributed by atoms with E-state index in [1.54, 1.807) is 19.1 Å². The zero-order chi connectivity index (χ0) is 16.7. The minimum atomic E-state index is -1.23. The van der Waals surface area contributed by atoms with Crippen molar-refractivity contribution in [3.05, 3.63) is 59.5 Å². The van der Waals surface area contributed by atoms with Crippen molar-refractivity contribution in [2.24, 2.45) is 0 Å². The average molecular weight is 316 g/mol. The molecule has 0 saturated heterocycles. The molecule has 0 aliphatic carbocycles. The molecule has 2 rings (SSSR count). The van der Waals surface area contributed by atoms with Crippen LogP contribution in [-0.4, -0.2) is 24.2 Å². The standard InChI is InChI=1S/C18H24N2O3/c1-14-10-11-16(23-14)18(2,22)13-20-17(21)19-12-6-9-15-7-4-3-5-8-15/h3-5,7-8,10-11,22H,6,9,12-13H2,1-2H3,(H2,19,20,21). The first-order chi connectivity index (χ1) is 11.0. The van der Waals surface area contributed by atoms with E-state index in [4.69, 9.17) is 4.42 Å². The zero-order valence-electron chi connectivity index (χ0n) is 13.6. The molecule has 1 aromatic heterocycles. The van der Waals surface area contributed by atoms with Gasteiger partial charge in [-0.2, -0.15) is 0 Å². The molecule has 2 amide bonds. The van der Waals surface area contributed by atoms with Crippen LogP contribution in [0.3, 0.4) is 0 Å². The van der Waals surface area contributed by atoms with Crippen molar-refractivity contribution in [2.75, 3.05) is 13.1 Å². The normalized spacial score (nSPS) is 13.3. The summed E-state index contributed by atoms with van der Waals surface area (Å²) in [4.78, 5) is 11.8. The lowest BCUT2D eigenvalue weighted by Crippen LogP contribution is -2.43. The summed E-state index contributed by atoms with van der Waals surface area (Å²) in [6, 6.07) is 13.4. The Hall–Kier alpha value is -2.27. The van der Waals surface area contributed by atoms with Crippen LogP contribution in [0.25, 0.3) is 0 Å². The van der Waals surface area contributed by atoms with Crippen molar-refractivity contribution < 1.29 is 14.3 Å². The van der Waals surface area contributed by atoms with E-state index in [1.165, 1.54) is 5.56 Å². The summed E-state index contributed by atoms with van der Waals surface area (Å²) in [6.07, 6.45) is 1.79. The molecule has 0 saturated carbocycles. The van der Waals surface area contributed by atoms with Crippen LogP contribution in [-0.2, 0) is 12.0 Å². The summed E-state index contributed by atoms with van der Waals surface area (Å²) in [5, 5.41) is 15.8. The quantitative estimate of drug-likeness (QED) is 0.688. The van der Waals surface area contributed by atoms with Crippen LogP contribution >= 0.6 is 0 Å². The summed E-state index contributed by atoms with van der Waals surface area (Å²) in [5.74, 6) is 1.17. The highest BCUT2D eigenvalue weighted by atomic mass is 16.4. The van der Waals surface area contributed by atoms with Crippen LogP contribution in [0.2, 0.25) is 0 Å². The van der Waals surface area contributed by atoms with E-state index >= 15 is 0 Å². The molecule has 124 valence electrons. The average Bonchev–Trinajstić information content (AvgIpc) is 2.98. The summed E-state index contributed by atoms with van der Waals surface area (Å²) in [5.41, 5.74) is 0.0288. The lowest BCUT2D eigenvalue weighted by atomic mass is 10.0. The van der Waals surface area contributed by atoms with E-state index in [0.29, 0.717) is 12.3 Å². The second-order valence-electron chi connectivity index (χ2n) is 5.88. The van der Waals surface area contributed by atoms with E-state index < -0.39 is 5.60 Å². The topological polar surface area (TPSA) is 74.5 Å². The number of rotatable bonds is 7. The number of aliphatic hydroxyl groups is 1. The van der Waals surface area contributed by atoms with Crippen LogP contribution in [0.4, 0.5) is 4.79 Å². The van der Waals surface area contributed by atoms with Crippen LogP contribution in [0.15, 0.2) is 46.9 Å². The second-order valence-corrected chi connectivity index (χ2v) is 5.88. The Morgan fingerprint density at radius 3 is 2.57 bits per heavy atom. The van der Waals surface area contributed by atoms with Gasteiger partial charge in [-0.1, -0.05) is 30.3 Å². The molecule has 1 unspecified atom stereocenters. The molecular weight excluding hydrogens is 292 g/mol. The molecule has 1 atom stereocenters. The number of benzene rings is 1. The van der Waals surface area contributed by atoms with E-state index in [9.17, 15) is 9.90 Å². The molecule has 5 heteroatoms. The monoisotopic (exact) mass is 316 g/mol. The van der Waals surface area contributed by atoms with Crippen LogP contribution < -0.4 is 10.6 Å². The van der Waals surface area contributed by atoms with Gasteiger partial charge in [0, 0.05) is 6.54 Å². The van der Waals surface area contributed by atoms with E-state index in [0.717, 1.165) is 18.6 Å². The molecule has 3 N–H and O–H groups in total. The Balaban J connectivity index is 1.67.